The van der Waals surface area contributed by atoms with Gasteiger partial charge in [0.25, 0.3) is 10.0 Å². The van der Waals surface area contributed by atoms with E-state index in [2.05, 4.69) is 9.71 Å². The molecule has 3 aromatic rings. The van der Waals surface area contributed by atoms with Gasteiger partial charge >= 0.3 is 0 Å². The number of hydrogen-bond donors (Lipinski definition) is 2. The van der Waals surface area contributed by atoms with Crippen LogP contribution in [-0.2, 0) is 10.0 Å². The first-order valence-electron chi connectivity index (χ1n) is 7.16. The quantitative estimate of drug-likeness (QED) is 0.729. The smallest absolute Gasteiger partial charge is 0.262 e. The zero-order chi connectivity index (χ0) is 16.8. The molecule has 2 N–H and O–H groups in total. The van der Waals surface area contributed by atoms with Crippen molar-refractivity contribution >= 4 is 38.2 Å². The van der Waals surface area contributed by atoms with E-state index in [-0.39, 0.29) is 4.90 Å². The third kappa shape index (κ3) is 2.94. The molecule has 0 saturated carbocycles. The number of anilines is 1. The molecule has 0 atom stereocenters. The largest absolute Gasteiger partial charge is 0.359 e. The summed E-state index contributed by atoms with van der Waals surface area (Å²) >= 11 is 6.06. The molecule has 1 heterocycles. The maximum Gasteiger partial charge on any atom is 0.262 e. The fourth-order valence-corrected chi connectivity index (χ4v) is 4.24. The third-order valence-corrected chi connectivity index (χ3v) is 5.70. The van der Waals surface area contributed by atoms with Crippen LogP contribution in [0, 0.1) is 20.8 Å². The minimum Gasteiger partial charge on any atom is -0.359 e. The van der Waals surface area contributed by atoms with Crippen molar-refractivity contribution in [3.63, 3.8) is 0 Å². The van der Waals surface area contributed by atoms with E-state index >= 15 is 0 Å². The molecule has 0 aliphatic heterocycles. The topological polar surface area (TPSA) is 62.0 Å². The summed E-state index contributed by atoms with van der Waals surface area (Å²) in [6.07, 6.45) is 0. The van der Waals surface area contributed by atoms with Crippen LogP contribution < -0.4 is 4.72 Å². The van der Waals surface area contributed by atoms with Crippen LogP contribution in [-0.4, -0.2) is 13.4 Å². The van der Waals surface area contributed by atoms with Gasteiger partial charge < -0.3 is 4.98 Å². The summed E-state index contributed by atoms with van der Waals surface area (Å²) in [6.45, 7) is 5.46. The number of sulfonamides is 1. The van der Waals surface area contributed by atoms with Gasteiger partial charge in [-0.25, -0.2) is 8.42 Å². The van der Waals surface area contributed by atoms with Crippen molar-refractivity contribution in [2.24, 2.45) is 0 Å². The molecule has 3 rings (SSSR count). The van der Waals surface area contributed by atoms with Crippen molar-refractivity contribution in [1.82, 2.24) is 4.98 Å². The Morgan fingerprint density at radius 3 is 2.52 bits per heavy atom. The fraction of sp³-hybridized carbons (Fsp3) is 0.176. The van der Waals surface area contributed by atoms with Crippen molar-refractivity contribution < 1.29 is 8.42 Å². The molecule has 0 fully saturated rings. The number of hydrogen-bond acceptors (Lipinski definition) is 2. The molecule has 120 valence electrons. The van der Waals surface area contributed by atoms with Crippen molar-refractivity contribution in [3.05, 3.63) is 58.2 Å². The fourth-order valence-electron chi connectivity index (χ4n) is 2.63. The Bertz CT molecular complexity index is 1010. The number of halogens is 1. The zero-order valence-electron chi connectivity index (χ0n) is 13.1. The van der Waals surface area contributed by atoms with E-state index in [0.29, 0.717) is 16.3 Å². The Hall–Kier alpha value is -1.98. The second-order valence-corrected chi connectivity index (χ2v) is 7.75. The van der Waals surface area contributed by atoms with E-state index in [9.17, 15) is 8.42 Å². The van der Waals surface area contributed by atoms with Gasteiger partial charge in [0.1, 0.15) is 0 Å². The molecule has 0 saturated heterocycles. The number of nitrogens with one attached hydrogen (secondary N) is 2. The summed E-state index contributed by atoms with van der Waals surface area (Å²) in [5.74, 6) is 0. The summed E-state index contributed by atoms with van der Waals surface area (Å²) in [5.41, 5.74) is 3.77. The highest BCUT2D eigenvalue weighted by Crippen LogP contribution is 2.29. The van der Waals surface area contributed by atoms with Crippen LogP contribution in [0.15, 0.2) is 41.3 Å². The molecular weight excluding hydrogens is 332 g/mol. The SMILES string of the molecule is Cc1cc2c(NS(=O)(=O)c3cc(C)c(Cl)cc3C)cccc2[nH]1. The number of benzene rings is 2. The molecule has 0 spiro atoms. The molecule has 0 radical (unpaired) electrons. The van der Waals surface area contributed by atoms with Gasteiger partial charge in [0.15, 0.2) is 0 Å². The van der Waals surface area contributed by atoms with Crippen molar-refractivity contribution in [3.8, 4) is 0 Å². The molecule has 0 amide bonds. The maximum atomic E-state index is 12.8. The lowest BCUT2D eigenvalue weighted by molar-refractivity contribution is 0.600. The summed E-state index contributed by atoms with van der Waals surface area (Å²) in [6, 6.07) is 10.7. The van der Waals surface area contributed by atoms with Crippen LogP contribution in [0.4, 0.5) is 5.69 Å². The van der Waals surface area contributed by atoms with Crippen LogP contribution in [0.25, 0.3) is 10.9 Å². The monoisotopic (exact) mass is 348 g/mol. The summed E-state index contributed by atoms with van der Waals surface area (Å²) < 4.78 is 28.2. The minimum absolute atomic E-state index is 0.240. The number of rotatable bonds is 3. The molecule has 0 aliphatic carbocycles. The third-order valence-electron chi connectivity index (χ3n) is 3.79. The van der Waals surface area contributed by atoms with Crippen molar-refractivity contribution in [2.45, 2.75) is 25.7 Å². The number of aryl methyl sites for hydroxylation is 3. The van der Waals surface area contributed by atoms with E-state index < -0.39 is 10.0 Å². The molecule has 2 aromatic carbocycles. The van der Waals surface area contributed by atoms with Crippen molar-refractivity contribution in [2.75, 3.05) is 4.72 Å². The first-order valence-corrected chi connectivity index (χ1v) is 9.02. The van der Waals surface area contributed by atoms with E-state index in [0.717, 1.165) is 22.2 Å². The Labute approximate surface area is 140 Å². The van der Waals surface area contributed by atoms with E-state index in [1.807, 2.05) is 25.1 Å². The highest BCUT2D eigenvalue weighted by Gasteiger charge is 2.19. The average molecular weight is 349 g/mol. The molecule has 0 unspecified atom stereocenters. The maximum absolute atomic E-state index is 12.8. The Balaban J connectivity index is 2.09. The normalized spacial score (nSPS) is 11.8. The Morgan fingerprint density at radius 1 is 1.04 bits per heavy atom. The summed E-state index contributed by atoms with van der Waals surface area (Å²) in [7, 11) is -3.69. The molecule has 6 heteroatoms. The van der Waals surface area contributed by atoms with E-state index in [4.69, 9.17) is 11.6 Å². The lowest BCUT2D eigenvalue weighted by Gasteiger charge is -2.12. The van der Waals surface area contributed by atoms with Gasteiger partial charge in [-0.05, 0) is 62.2 Å². The Morgan fingerprint density at radius 2 is 1.78 bits per heavy atom. The van der Waals surface area contributed by atoms with Crippen LogP contribution >= 0.6 is 11.6 Å². The van der Waals surface area contributed by atoms with Crippen molar-refractivity contribution in [1.29, 1.82) is 0 Å². The number of aromatic amines is 1. The number of H-pyrrole nitrogens is 1. The predicted octanol–water partition coefficient (Wildman–Crippen LogP) is 4.55. The van der Waals surface area contributed by atoms with Gasteiger partial charge in [-0.3, -0.25) is 4.72 Å². The Kier molecular flexibility index (Phi) is 3.86. The van der Waals surface area contributed by atoms with Crippen LogP contribution in [0.2, 0.25) is 5.02 Å². The minimum atomic E-state index is -3.69. The summed E-state index contributed by atoms with van der Waals surface area (Å²) in [4.78, 5) is 3.44. The van der Waals surface area contributed by atoms with Gasteiger partial charge in [-0.15, -0.1) is 0 Å². The second-order valence-electron chi connectivity index (χ2n) is 5.69. The molecule has 23 heavy (non-hydrogen) atoms. The van der Waals surface area contributed by atoms with Gasteiger partial charge in [0.2, 0.25) is 0 Å². The average Bonchev–Trinajstić information content (AvgIpc) is 2.84. The molecule has 0 aliphatic rings. The molecular formula is C17H17ClN2O2S. The molecule has 0 bridgehead atoms. The molecule has 1 aromatic heterocycles. The highest BCUT2D eigenvalue weighted by molar-refractivity contribution is 7.92. The number of aromatic nitrogens is 1. The summed E-state index contributed by atoms with van der Waals surface area (Å²) in [5, 5.41) is 1.40. The van der Waals surface area contributed by atoms with Gasteiger partial charge in [0.05, 0.1) is 10.6 Å². The predicted molar refractivity (Wildman–Crippen MR) is 94.8 cm³/mol. The van der Waals surface area contributed by atoms with Gasteiger partial charge in [0, 0.05) is 21.6 Å². The lowest BCUT2D eigenvalue weighted by Crippen LogP contribution is -2.14. The van der Waals surface area contributed by atoms with Crippen LogP contribution in [0.5, 0.6) is 0 Å². The standard InChI is InChI=1S/C17H17ClN2O2S/c1-10-8-17(11(2)7-14(10)18)23(21,22)20-16-6-4-5-15-13(16)9-12(3)19-15/h4-9,19-20H,1-3H3. The van der Waals surface area contributed by atoms with E-state index in [1.165, 1.54) is 0 Å². The van der Waals surface area contributed by atoms with Gasteiger partial charge in [-0.1, -0.05) is 17.7 Å². The second kappa shape index (κ2) is 5.58. The highest BCUT2D eigenvalue weighted by atomic mass is 35.5. The van der Waals surface area contributed by atoms with Gasteiger partial charge in [-0.2, -0.15) is 0 Å². The lowest BCUT2D eigenvalue weighted by atomic mass is 10.2. The van der Waals surface area contributed by atoms with E-state index in [1.54, 1.807) is 32.0 Å². The first kappa shape index (κ1) is 15.9. The van der Waals surface area contributed by atoms with Crippen LogP contribution in [0.3, 0.4) is 0 Å². The number of fused-ring (bicyclic) bond motifs is 1. The molecule has 4 nitrogen and oxygen atoms in total. The first-order chi connectivity index (χ1) is 10.8. The zero-order valence-corrected chi connectivity index (χ0v) is 14.6. The van der Waals surface area contributed by atoms with Crippen LogP contribution in [0.1, 0.15) is 16.8 Å².